The molecule has 0 saturated heterocycles. The van der Waals surface area contributed by atoms with Crippen LogP contribution in [0.5, 0.6) is 0 Å². The van der Waals surface area contributed by atoms with Gasteiger partial charge in [-0.2, -0.15) is 0 Å². The van der Waals surface area contributed by atoms with E-state index in [0.29, 0.717) is 0 Å². The molecule has 28 heavy (non-hydrogen) atoms. The molecule has 0 heterocycles. The van der Waals surface area contributed by atoms with Gasteiger partial charge in [-0.15, -0.1) is 0 Å². The lowest BCUT2D eigenvalue weighted by Crippen LogP contribution is -2.50. The largest absolute Gasteiger partial charge is 0.480 e. The second-order valence-electron chi connectivity index (χ2n) is 5.51. The van der Waals surface area contributed by atoms with Crippen LogP contribution >= 0.6 is 23.2 Å². The summed E-state index contributed by atoms with van der Waals surface area (Å²) in [5.74, 6) is -2.06. The average Bonchev–Trinajstić information content (AvgIpc) is 2.63. The molecule has 0 aliphatic carbocycles. The topological polar surface area (TPSA) is 108 Å². The summed E-state index contributed by atoms with van der Waals surface area (Å²) >= 11 is 11.9. The smallest absolute Gasteiger partial charge is 0.328 e. The van der Waals surface area contributed by atoms with Gasteiger partial charge in [0.15, 0.2) is 0 Å². The zero-order valence-corrected chi connectivity index (χ0v) is 15.6. The summed E-state index contributed by atoms with van der Waals surface area (Å²) in [6.45, 7) is -0.0320. The molecular formula is C19H21Cl2N3O4. The fourth-order valence-corrected chi connectivity index (χ4v) is 2.75. The first-order valence-electron chi connectivity index (χ1n) is 7.91. The van der Waals surface area contributed by atoms with Crippen LogP contribution in [0.1, 0.15) is 23.3 Å². The van der Waals surface area contributed by atoms with E-state index < -0.39 is 23.9 Å². The standard InChI is InChI=1S/C18H17Cl2N3O4.CH4/c19-12-7-4-8-13(20)15(12)16(24)23-14(17(25)26)10-22-18(27)21-9-11-5-2-1-3-6-11;/h1-8,14H,9-10H2,(H,23,24)(H,25,26)(H2,21,22,27);1H4/t14-;/m0./s1. The molecule has 1 atom stereocenters. The summed E-state index contributed by atoms with van der Waals surface area (Å²) < 4.78 is 0. The minimum atomic E-state index is -1.35. The number of carbonyl (C=O) groups is 3. The van der Waals surface area contributed by atoms with Crippen molar-refractivity contribution in [1.82, 2.24) is 16.0 Å². The molecule has 9 heteroatoms. The van der Waals surface area contributed by atoms with Crippen molar-refractivity contribution < 1.29 is 19.5 Å². The molecule has 0 bridgehead atoms. The van der Waals surface area contributed by atoms with Gasteiger partial charge in [0.05, 0.1) is 22.2 Å². The highest BCUT2D eigenvalue weighted by Gasteiger charge is 2.23. The van der Waals surface area contributed by atoms with Crippen LogP contribution in [0.25, 0.3) is 0 Å². The lowest BCUT2D eigenvalue weighted by molar-refractivity contribution is -0.139. The lowest BCUT2D eigenvalue weighted by atomic mass is 10.2. The number of hydrogen-bond acceptors (Lipinski definition) is 3. The Kier molecular flexibility index (Phi) is 9.27. The number of amides is 3. The maximum absolute atomic E-state index is 12.3. The number of benzene rings is 2. The number of aliphatic carboxylic acids is 1. The van der Waals surface area contributed by atoms with E-state index in [1.807, 2.05) is 30.3 Å². The van der Waals surface area contributed by atoms with Gasteiger partial charge in [-0.05, 0) is 17.7 Å². The van der Waals surface area contributed by atoms with E-state index in [2.05, 4.69) is 16.0 Å². The van der Waals surface area contributed by atoms with E-state index in [-0.39, 0.29) is 36.1 Å². The summed E-state index contributed by atoms with van der Waals surface area (Å²) in [5.41, 5.74) is 0.865. The van der Waals surface area contributed by atoms with Crippen molar-refractivity contribution in [3.63, 3.8) is 0 Å². The van der Waals surface area contributed by atoms with Gasteiger partial charge in [0, 0.05) is 6.54 Å². The van der Waals surface area contributed by atoms with Gasteiger partial charge in [-0.25, -0.2) is 9.59 Å². The highest BCUT2D eigenvalue weighted by Crippen LogP contribution is 2.24. The molecule has 4 N–H and O–H groups in total. The molecular weight excluding hydrogens is 405 g/mol. The first kappa shape index (κ1) is 23.3. The Hall–Kier alpha value is -2.77. The summed E-state index contributed by atoms with van der Waals surface area (Å²) in [5, 5.41) is 16.8. The Morgan fingerprint density at radius 3 is 2.11 bits per heavy atom. The predicted molar refractivity (Wildman–Crippen MR) is 109 cm³/mol. The van der Waals surface area contributed by atoms with Gasteiger partial charge < -0.3 is 21.1 Å². The molecule has 2 aromatic carbocycles. The van der Waals surface area contributed by atoms with Crippen LogP contribution in [-0.2, 0) is 11.3 Å². The van der Waals surface area contributed by atoms with Crippen molar-refractivity contribution in [3.8, 4) is 0 Å². The Morgan fingerprint density at radius 1 is 0.929 bits per heavy atom. The van der Waals surface area contributed by atoms with Gasteiger partial charge in [0.25, 0.3) is 5.91 Å². The van der Waals surface area contributed by atoms with Crippen LogP contribution in [0.4, 0.5) is 4.79 Å². The minimum absolute atomic E-state index is 0. The first-order valence-corrected chi connectivity index (χ1v) is 8.67. The molecule has 0 radical (unpaired) electrons. The second kappa shape index (κ2) is 11.2. The van der Waals surface area contributed by atoms with Gasteiger partial charge in [-0.3, -0.25) is 4.79 Å². The van der Waals surface area contributed by atoms with E-state index in [1.165, 1.54) is 12.1 Å². The first-order chi connectivity index (χ1) is 12.9. The molecule has 0 fully saturated rings. The van der Waals surface area contributed by atoms with Gasteiger partial charge >= 0.3 is 12.0 Å². The van der Waals surface area contributed by atoms with Crippen LogP contribution in [0.15, 0.2) is 48.5 Å². The van der Waals surface area contributed by atoms with Crippen molar-refractivity contribution >= 4 is 41.1 Å². The fraction of sp³-hybridized carbons (Fsp3) is 0.211. The summed E-state index contributed by atoms with van der Waals surface area (Å²) in [6, 6.07) is 11.8. The molecule has 0 aromatic heterocycles. The monoisotopic (exact) mass is 425 g/mol. The van der Waals surface area contributed by atoms with Crippen LogP contribution < -0.4 is 16.0 Å². The molecule has 150 valence electrons. The molecule has 0 spiro atoms. The quantitative estimate of drug-likeness (QED) is 0.545. The van der Waals surface area contributed by atoms with Crippen molar-refractivity contribution in [3.05, 3.63) is 69.7 Å². The fourth-order valence-electron chi connectivity index (χ4n) is 2.18. The van der Waals surface area contributed by atoms with Gasteiger partial charge in [-0.1, -0.05) is 67.0 Å². The maximum Gasteiger partial charge on any atom is 0.328 e. The number of rotatable bonds is 7. The number of hydrogen-bond donors (Lipinski definition) is 4. The van der Waals surface area contributed by atoms with Crippen molar-refractivity contribution in [2.45, 2.75) is 20.0 Å². The minimum Gasteiger partial charge on any atom is -0.480 e. The zero-order valence-electron chi connectivity index (χ0n) is 14.0. The van der Waals surface area contributed by atoms with E-state index in [9.17, 15) is 19.5 Å². The maximum atomic E-state index is 12.3. The second-order valence-corrected chi connectivity index (χ2v) is 6.32. The molecule has 7 nitrogen and oxygen atoms in total. The predicted octanol–water partition coefficient (Wildman–Crippen LogP) is 3.31. The van der Waals surface area contributed by atoms with Crippen molar-refractivity contribution in [2.24, 2.45) is 0 Å². The Balaban J connectivity index is 0.00000392. The van der Waals surface area contributed by atoms with E-state index in [1.54, 1.807) is 6.07 Å². The summed E-state index contributed by atoms with van der Waals surface area (Å²) in [4.78, 5) is 35.5. The number of carboxylic acids is 1. The van der Waals surface area contributed by atoms with Crippen molar-refractivity contribution in [2.75, 3.05) is 6.54 Å². The SMILES string of the molecule is C.O=C(NCc1ccccc1)NC[C@H](NC(=O)c1c(Cl)cccc1Cl)C(=O)O. The molecule has 2 aromatic rings. The zero-order chi connectivity index (χ0) is 19.8. The van der Waals surface area contributed by atoms with E-state index >= 15 is 0 Å². The van der Waals surface area contributed by atoms with E-state index in [0.717, 1.165) is 5.56 Å². The van der Waals surface area contributed by atoms with Crippen LogP contribution in [0, 0.1) is 0 Å². The average molecular weight is 426 g/mol. The number of urea groups is 1. The third-order valence-electron chi connectivity index (χ3n) is 3.56. The van der Waals surface area contributed by atoms with Crippen LogP contribution in [0.3, 0.4) is 0 Å². The molecule has 0 aliphatic heterocycles. The highest BCUT2D eigenvalue weighted by molar-refractivity contribution is 6.39. The number of halogens is 2. The normalized spacial score (nSPS) is 10.9. The highest BCUT2D eigenvalue weighted by atomic mass is 35.5. The van der Waals surface area contributed by atoms with Gasteiger partial charge in [0.1, 0.15) is 6.04 Å². The van der Waals surface area contributed by atoms with Crippen LogP contribution in [-0.4, -0.2) is 35.6 Å². The molecule has 0 saturated carbocycles. The molecule has 3 amide bonds. The Morgan fingerprint density at radius 2 is 1.54 bits per heavy atom. The summed E-state index contributed by atoms with van der Waals surface area (Å²) in [6.07, 6.45) is 0. The Bertz CT molecular complexity index is 811. The number of carbonyl (C=O) groups excluding carboxylic acids is 2. The Labute approximate surface area is 173 Å². The lowest BCUT2D eigenvalue weighted by Gasteiger charge is -2.16. The molecule has 2 rings (SSSR count). The third-order valence-corrected chi connectivity index (χ3v) is 4.19. The molecule has 0 aliphatic rings. The van der Waals surface area contributed by atoms with Crippen LogP contribution in [0.2, 0.25) is 10.0 Å². The van der Waals surface area contributed by atoms with Crippen molar-refractivity contribution in [1.29, 1.82) is 0 Å². The molecule has 0 unspecified atom stereocenters. The van der Waals surface area contributed by atoms with E-state index in [4.69, 9.17) is 23.2 Å². The summed E-state index contributed by atoms with van der Waals surface area (Å²) in [7, 11) is 0. The third kappa shape index (κ3) is 6.75. The number of nitrogens with one attached hydrogen (secondary N) is 3. The number of carboxylic acid groups (broad SMARTS) is 1. The van der Waals surface area contributed by atoms with Gasteiger partial charge in [0.2, 0.25) is 0 Å².